The van der Waals surface area contributed by atoms with Crippen molar-refractivity contribution in [3.05, 3.63) is 65.5 Å². The molecule has 0 spiro atoms. The van der Waals surface area contributed by atoms with Crippen LogP contribution >= 0.6 is 0 Å². The molecule has 1 fully saturated rings. The van der Waals surface area contributed by atoms with Gasteiger partial charge in [-0.1, -0.05) is 17.3 Å². The van der Waals surface area contributed by atoms with Crippen molar-refractivity contribution in [3.63, 3.8) is 0 Å². The number of carbonyl (C=O) groups is 2. The highest BCUT2D eigenvalue weighted by Crippen LogP contribution is 2.21. The summed E-state index contributed by atoms with van der Waals surface area (Å²) in [7, 11) is 0. The molecule has 1 aliphatic heterocycles. The molecule has 3 aromatic rings. The molecule has 7 heteroatoms. The first-order valence-corrected chi connectivity index (χ1v) is 8.72. The number of furan rings is 1. The molecule has 0 bridgehead atoms. The maximum absolute atomic E-state index is 12.2. The molecule has 0 unspecified atom stereocenters. The van der Waals surface area contributed by atoms with E-state index in [0.29, 0.717) is 35.7 Å². The maximum atomic E-state index is 12.2. The smallest absolute Gasteiger partial charge is 0.338 e. The second kappa shape index (κ2) is 7.49. The fraction of sp³-hybridized carbons (Fsp3) is 0.250. The predicted molar refractivity (Wildman–Crippen MR) is 94.4 cm³/mol. The van der Waals surface area contributed by atoms with E-state index in [-0.39, 0.29) is 12.5 Å². The van der Waals surface area contributed by atoms with Gasteiger partial charge in [0.15, 0.2) is 5.76 Å². The van der Waals surface area contributed by atoms with Gasteiger partial charge in [0.2, 0.25) is 11.7 Å². The van der Waals surface area contributed by atoms with Crippen LogP contribution in [0.4, 0.5) is 0 Å². The van der Waals surface area contributed by atoms with E-state index in [0.717, 1.165) is 18.5 Å². The lowest BCUT2D eigenvalue weighted by molar-refractivity contribution is -0.128. The summed E-state index contributed by atoms with van der Waals surface area (Å²) in [6.45, 7) is 1.37. The Morgan fingerprint density at radius 2 is 2.04 bits per heavy atom. The highest BCUT2D eigenvalue weighted by Gasteiger charge is 2.20. The lowest BCUT2D eigenvalue weighted by atomic mass is 10.1. The van der Waals surface area contributed by atoms with Gasteiger partial charge >= 0.3 is 5.97 Å². The van der Waals surface area contributed by atoms with E-state index in [4.69, 9.17) is 13.7 Å². The van der Waals surface area contributed by atoms with E-state index in [9.17, 15) is 9.59 Å². The summed E-state index contributed by atoms with van der Waals surface area (Å²) in [5, 5.41) is 3.87. The summed E-state index contributed by atoms with van der Waals surface area (Å²) in [5.41, 5.74) is 1.93. The van der Waals surface area contributed by atoms with Gasteiger partial charge < -0.3 is 18.6 Å². The van der Waals surface area contributed by atoms with Crippen LogP contribution < -0.4 is 0 Å². The molecule has 4 rings (SSSR count). The Morgan fingerprint density at radius 3 is 2.74 bits per heavy atom. The largest absolute Gasteiger partial charge is 0.461 e. The Balaban J connectivity index is 1.32. The second-order valence-corrected chi connectivity index (χ2v) is 6.35. The van der Waals surface area contributed by atoms with Crippen LogP contribution in [-0.4, -0.2) is 28.5 Å². The number of likely N-dealkylation sites (tertiary alicyclic amines) is 1. The van der Waals surface area contributed by atoms with Crippen molar-refractivity contribution in [3.8, 4) is 11.5 Å². The third-order valence-electron chi connectivity index (χ3n) is 4.41. The number of amides is 1. The quantitative estimate of drug-likeness (QED) is 0.622. The molecule has 1 amide bonds. The van der Waals surface area contributed by atoms with Crippen LogP contribution in [0.25, 0.3) is 11.5 Å². The number of benzene rings is 1. The molecule has 2 aromatic heterocycles. The van der Waals surface area contributed by atoms with Gasteiger partial charge in [0.25, 0.3) is 0 Å². The minimum atomic E-state index is -0.443. The van der Waals surface area contributed by atoms with E-state index in [1.165, 1.54) is 0 Å². The number of carbonyl (C=O) groups excluding carboxylic acids is 2. The maximum Gasteiger partial charge on any atom is 0.338 e. The van der Waals surface area contributed by atoms with E-state index in [1.54, 1.807) is 36.6 Å². The molecule has 138 valence electrons. The third kappa shape index (κ3) is 3.92. The first-order valence-electron chi connectivity index (χ1n) is 8.72. The molecule has 0 N–H and O–H groups in total. The summed E-state index contributed by atoms with van der Waals surface area (Å²) in [6, 6.07) is 12.3. The lowest BCUT2D eigenvalue weighted by Crippen LogP contribution is -2.23. The zero-order chi connectivity index (χ0) is 18.6. The first-order chi connectivity index (χ1) is 13.2. The zero-order valence-corrected chi connectivity index (χ0v) is 14.6. The molecule has 7 nitrogen and oxygen atoms in total. The van der Waals surface area contributed by atoms with Crippen LogP contribution in [-0.2, 0) is 22.7 Å². The Labute approximate surface area is 155 Å². The van der Waals surface area contributed by atoms with Gasteiger partial charge in [0.1, 0.15) is 12.3 Å². The fourth-order valence-corrected chi connectivity index (χ4v) is 2.98. The van der Waals surface area contributed by atoms with Crippen molar-refractivity contribution in [2.45, 2.75) is 26.0 Å². The summed E-state index contributed by atoms with van der Waals surface area (Å²) in [6.07, 6.45) is 3.07. The topological polar surface area (TPSA) is 85.8 Å². The minimum absolute atomic E-state index is 0.00702. The van der Waals surface area contributed by atoms with Gasteiger partial charge in [-0.2, -0.15) is 0 Å². The van der Waals surface area contributed by atoms with Crippen LogP contribution in [0.3, 0.4) is 0 Å². The lowest BCUT2D eigenvalue weighted by Gasteiger charge is -2.15. The molecular weight excluding hydrogens is 348 g/mol. The third-order valence-corrected chi connectivity index (χ3v) is 4.41. The number of aromatic nitrogens is 1. The van der Waals surface area contributed by atoms with Crippen LogP contribution in [0.2, 0.25) is 0 Å². The molecule has 0 aliphatic carbocycles. The van der Waals surface area contributed by atoms with E-state index < -0.39 is 5.97 Å². The van der Waals surface area contributed by atoms with Gasteiger partial charge in [0.05, 0.1) is 11.8 Å². The number of ether oxygens (including phenoxy) is 1. The van der Waals surface area contributed by atoms with Gasteiger partial charge in [-0.3, -0.25) is 4.79 Å². The number of esters is 1. The minimum Gasteiger partial charge on any atom is -0.461 e. The first kappa shape index (κ1) is 17.1. The van der Waals surface area contributed by atoms with Crippen molar-refractivity contribution < 1.29 is 23.3 Å². The molecule has 0 atom stereocenters. The zero-order valence-electron chi connectivity index (χ0n) is 14.6. The molecule has 27 heavy (non-hydrogen) atoms. The average molecular weight is 366 g/mol. The van der Waals surface area contributed by atoms with Crippen LogP contribution in [0.15, 0.2) is 57.7 Å². The van der Waals surface area contributed by atoms with Crippen molar-refractivity contribution >= 4 is 11.9 Å². The van der Waals surface area contributed by atoms with Crippen LogP contribution in [0.5, 0.6) is 0 Å². The average Bonchev–Trinajstić information content (AvgIpc) is 3.43. The second-order valence-electron chi connectivity index (χ2n) is 6.35. The van der Waals surface area contributed by atoms with Gasteiger partial charge in [-0.05, 0) is 36.2 Å². The van der Waals surface area contributed by atoms with Crippen LogP contribution in [0.1, 0.15) is 34.5 Å². The van der Waals surface area contributed by atoms with Gasteiger partial charge in [-0.25, -0.2) is 4.79 Å². The molecular formula is C20H18N2O5. The molecule has 3 heterocycles. The summed E-state index contributed by atoms with van der Waals surface area (Å²) in [4.78, 5) is 25.7. The number of hydrogen-bond acceptors (Lipinski definition) is 6. The number of rotatable bonds is 6. The van der Waals surface area contributed by atoms with Crippen LogP contribution in [0, 0.1) is 0 Å². The number of hydrogen-bond donors (Lipinski definition) is 0. The summed E-state index contributed by atoms with van der Waals surface area (Å²) < 4.78 is 15.7. The molecule has 0 saturated carbocycles. The molecule has 1 saturated heterocycles. The van der Waals surface area contributed by atoms with Crippen molar-refractivity contribution in [2.75, 3.05) is 6.54 Å². The number of nitrogens with zero attached hydrogens (tertiary/aromatic N) is 2. The van der Waals surface area contributed by atoms with Crippen molar-refractivity contribution in [1.29, 1.82) is 0 Å². The normalized spacial score (nSPS) is 13.9. The molecule has 0 radical (unpaired) electrons. The predicted octanol–water partition coefficient (Wildman–Crippen LogP) is 3.41. The fourth-order valence-electron chi connectivity index (χ4n) is 2.98. The van der Waals surface area contributed by atoms with Gasteiger partial charge in [0, 0.05) is 25.6 Å². The SMILES string of the molecule is O=C(OCc1cc(-c2ccco2)on1)c1ccc(CN2CCCC2=O)cc1. The van der Waals surface area contributed by atoms with Crippen molar-refractivity contribution in [2.24, 2.45) is 0 Å². The standard InChI is InChI=1S/C20H18N2O5/c23-19-4-1-9-22(19)12-14-5-7-15(8-6-14)20(24)26-13-16-11-18(27-21-16)17-3-2-10-25-17/h2-3,5-8,10-11H,1,4,9,12-13H2. The highest BCUT2D eigenvalue weighted by atomic mass is 16.5. The Bertz CT molecular complexity index is 928. The Morgan fingerprint density at radius 1 is 1.19 bits per heavy atom. The van der Waals surface area contributed by atoms with E-state index in [1.807, 2.05) is 17.0 Å². The van der Waals surface area contributed by atoms with Crippen molar-refractivity contribution in [1.82, 2.24) is 10.1 Å². The van der Waals surface area contributed by atoms with E-state index in [2.05, 4.69) is 5.16 Å². The Kier molecular flexibility index (Phi) is 4.74. The monoisotopic (exact) mass is 366 g/mol. The Hall–Kier alpha value is -3.35. The van der Waals surface area contributed by atoms with E-state index >= 15 is 0 Å². The highest BCUT2D eigenvalue weighted by molar-refractivity contribution is 5.89. The summed E-state index contributed by atoms with van der Waals surface area (Å²) in [5.74, 6) is 0.778. The van der Waals surface area contributed by atoms with Gasteiger partial charge in [-0.15, -0.1) is 0 Å². The summed E-state index contributed by atoms with van der Waals surface area (Å²) >= 11 is 0. The molecule has 1 aliphatic rings. The molecule has 1 aromatic carbocycles.